The lowest BCUT2D eigenvalue weighted by Gasteiger charge is -2.43. The highest BCUT2D eigenvalue weighted by molar-refractivity contribution is 5.55. The smallest absolute Gasteiger partial charge is 0.0240 e. The number of allylic oxidation sites excluding steroid dienone is 12. The summed E-state index contributed by atoms with van der Waals surface area (Å²) in [5.41, 5.74) is 13.0. The SMILES string of the molecule is CC1=C2C(C=C1)CC1(CCC(C3=CC=C(Cc4cccc(C)c4C)C4=CC=CC43)CC1)[C@@H]2C. The molecule has 6 rings (SSSR count). The van der Waals surface area contributed by atoms with Crippen LogP contribution in [0.4, 0.5) is 0 Å². The molecule has 0 N–H and O–H groups in total. The fraction of sp³-hybridized carbons (Fsp3) is 0.455. The van der Waals surface area contributed by atoms with Crippen LogP contribution in [-0.4, -0.2) is 0 Å². The molecule has 1 aromatic carbocycles. The molecule has 170 valence electrons. The summed E-state index contributed by atoms with van der Waals surface area (Å²) in [6, 6.07) is 6.75. The van der Waals surface area contributed by atoms with Crippen LogP contribution in [0.15, 0.2) is 88.6 Å². The molecular formula is C33H38. The van der Waals surface area contributed by atoms with Crippen molar-refractivity contribution in [2.45, 2.75) is 66.2 Å². The summed E-state index contributed by atoms with van der Waals surface area (Å²) in [6.07, 6.45) is 25.0. The Morgan fingerprint density at radius 2 is 1.79 bits per heavy atom. The van der Waals surface area contributed by atoms with Gasteiger partial charge in [-0.2, -0.15) is 0 Å². The van der Waals surface area contributed by atoms with Gasteiger partial charge in [-0.3, -0.25) is 0 Å². The Balaban J connectivity index is 1.21. The number of hydrogen-bond acceptors (Lipinski definition) is 0. The predicted octanol–water partition coefficient (Wildman–Crippen LogP) is 8.54. The van der Waals surface area contributed by atoms with Crippen LogP contribution < -0.4 is 0 Å². The molecule has 2 saturated carbocycles. The van der Waals surface area contributed by atoms with E-state index >= 15 is 0 Å². The molecule has 5 aliphatic rings. The van der Waals surface area contributed by atoms with Crippen molar-refractivity contribution >= 4 is 0 Å². The minimum atomic E-state index is 0.516. The van der Waals surface area contributed by atoms with Crippen molar-refractivity contribution in [1.82, 2.24) is 0 Å². The molecule has 0 aromatic heterocycles. The molecule has 0 saturated heterocycles. The minimum Gasteiger partial charge on any atom is -0.0770 e. The van der Waals surface area contributed by atoms with E-state index in [-0.39, 0.29) is 0 Å². The molecule has 0 amide bonds. The van der Waals surface area contributed by atoms with Crippen LogP contribution in [0.1, 0.15) is 62.6 Å². The Morgan fingerprint density at radius 3 is 2.58 bits per heavy atom. The zero-order chi connectivity index (χ0) is 22.7. The second-order valence-electron chi connectivity index (χ2n) is 11.5. The molecule has 2 unspecified atom stereocenters. The van der Waals surface area contributed by atoms with Crippen molar-refractivity contribution in [2.75, 3.05) is 0 Å². The maximum atomic E-state index is 2.54. The Hall–Kier alpha value is -2.34. The third-order valence-corrected chi connectivity index (χ3v) is 10.1. The second kappa shape index (κ2) is 7.86. The normalized spacial score (nSPS) is 34.5. The van der Waals surface area contributed by atoms with E-state index in [1.54, 1.807) is 22.3 Å². The maximum absolute atomic E-state index is 2.54. The summed E-state index contributed by atoms with van der Waals surface area (Å²) < 4.78 is 0. The van der Waals surface area contributed by atoms with Gasteiger partial charge in [-0.05, 0) is 110 Å². The minimum absolute atomic E-state index is 0.516. The summed E-state index contributed by atoms with van der Waals surface area (Å²) in [6.45, 7) is 9.38. The summed E-state index contributed by atoms with van der Waals surface area (Å²) in [5.74, 6) is 2.78. The molecule has 1 spiro atoms. The first-order valence-electron chi connectivity index (χ1n) is 13.2. The van der Waals surface area contributed by atoms with Gasteiger partial charge in [-0.25, -0.2) is 0 Å². The van der Waals surface area contributed by atoms with E-state index in [1.165, 1.54) is 54.4 Å². The van der Waals surface area contributed by atoms with Crippen molar-refractivity contribution in [1.29, 1.82) is 0 Å². The third-order valence-electron chi connectivity index (χ3n) is 10.1. The van der Waals surface area contributed by atoms with E-state index in [1.807, 2.05) is 0 Å². The van der Waals surface area contributed by atoms with Crippen molar-refractivity contribution in [3.05, 3.63) is 105 Å². The lowest BCUT2D eigenvalue weighted by molar-refractivity contribution is 0.122. The zero-order valence-electron chi connectivity index (χ0n) is 20.8. The number of hydrogen-bond donors (Lipinski definition) is 0. The van der Waals surface area contributed by atoms with Crippen LogP contribution in [0.3, 0.4) is 0 Å². The van der Waals surface area contributed by atoms with Crippen molar-refractivity contribution in [2.24, 2.45) is 29.1 Å². The summed E-state index contributed by atoms with van der Waals surface area (Å²) in [7, 11) is 0. The summed E-state index contributed by atoms with van der Waals surface area (Å²) in [5, 5.41) is 0. The van der Waals surface area contributed by atoms with E-state index < -0.39 is 0 Å². The predicted molar refractivity (Wildman–Crippen MR) is 140 cm³/mol. The average Bonchev–Trinajstić information content (AvgIpc) is 3.50. The van der Waals surface area contributed by atoms with Gasteiger partial charge in [0.25, 0.3) is 0 Å². The molecule has 0 radical (unpaired) electrons. The van der Waals surface area contributed by atoms with Crippen LogP contribution in [-0.2, 0) is 6.42 Å². The van der Waals surface area contributed by atoms with E-state index in [2.05, 4.69) is 88.4 Å². The largest absolute Gasteiger partial charge is 0.0770 e. The van der Waals surface area contributed by atoms with E-state index in [0.29, 0.717) is 11.3 Å². The van der Waals surface area contributed by atoms with Gasteiger partial charge < -0.3 is 0 Å². The summed E-state index contributed by atoms with van der Waals surface area (Å²) >= 11 is 0. The molecule has 33 heavy (non-hydrogen) atoms. The van der Waals surface area contributed by atoms with Crippen molar-refractivity contribution in [3.8, 4) is 0 Å². The molecule has 0 nitrogen and oxygen atoms in total. The van der Waals surface area contributed by atoms with Gasteiger partial charge >= 0.3 is 0 Å². The topological polar surface area (TPSA) is 0 Å². The molecular weight excluding hydrogens is 396 g/mol. The van der Waals surface area contributed by atoms with Crippen LogP contribution in [0, 0.1) is 42.9 Å². The Bertz CT molecular complexity index is 1170. The molecule has 0 heteroatoms. The Kier molecular flexibility index (Phi) is 5.05. The molecule has 0 aliphatic heterocycles. The monoisotopic (exact) mass is 434 g/mol. The summed E-state index contributed by atoms with van der Waals surface area (Å²) in [4.78, 5) is 0. The number of benzene rings is 1. The van der Waals surface area contributed by atoms with Gasteiger partial charge in [-0.1, -0.05) is 84.4 Å². The fourth-order valence-electron chi connectivity index (χ4n) is 7.93. The Labute approximate surface area is 200 Å². The number of aryl methyl sites for hydroxylation is 1. The van der Waals surface area contributed by atoms with E-state index in [4.69, 9.17) is 0 Å². The van der Waals surface area contributed by atoms with Crippen LogP contribution in [0.25, 0.3) is 0 Å². The zero-order valence-corrected chi connectivity index (χ0v) is 20.8. The van der Waals surface area contributed by atoms with Gasteiger partial charge in [0.1, 0.15) is 0 Å². The average molecular weight is 435 g/mol. The molecule has 2 fully saturated rings. The first-order chi connectivity index (χ1) is 16.0. The molecule has 5 aliphatic carbocycles. The van der Waals surface area contributed by atoms with Gasteiger partial charge in [0.05, 0.1) is 0 Å². The molecule has 0 bridgehead atoms. The molecule has 3 atom stereocenters. The van der Waals surface area contributed by atoms with E-state index in [9.17, 15) is 0 Å². The van der Waals surface area contributed by atoms with Crippen LogP contribution in [0.2, 0.25) is 0 Å². The van der Waals surface area contributed by atoms with Gasteiger partial charge in [0.2, 0.25) is 0 Å². The van der Waals surface area contributed by atoms with E-state index in [0.717, 1.165) is 24.2 Å². The lowest BCUT2D eigenvalue weighted by Crippen LogP contribution is -2.32. The first-order valence-corrected chi connectivity index (χ1v) is 13.2. The Morgan fingerprint density at radius 1 is 0.970 bits per heavy atom. The molecule has 0 heterocycles. The maximum Gasteiger partial charge on any atom is 0.0240 e. The highest BCUT2D eigenvalue weighted by atomic mass is 14.5. The van der Waals surface area contributed by atoms with Crippen LogP contribution >= 0.6 is 0 Å². The van der Waals surface area contributed by atoms with Gasteiger partial charge in [-0.15, -0.1) is 0 Å². The lowest BCUT2D eigenvalue weighted by atomic mass is 9.62. The van der Waals surface area contributed by atoms with Gasteiger partial charge in [0.15, 0.2) is 0 Å². The fourth-order valence-corrected chi connectivity index (χ4v) is 7.93. The van der Waals surface area contributed by atoms with Gasteiger partial charge in [0, 0.05) is 5.92 Å². The number of rotatable bonds is 3. The number of fused-ring (bicyclic) bond motifs is 2. The second-order valence-corrected chi connectivity index (χ2v) is 11.5. The third kappa shape index (κ3) is 3.32. The highest BCUT2D eigenvalue weighted by Gasteiger charge is 2.50. The van der Waals surface area contributed by atoms with Crippen molar-refractivity contribution in [3.63, 3.8) is 0 Å². The standard InChI is InChI=1S/C33H38/c1-21-7-5-8-26(23(21)3)19-27-13-14-30(31-10-6-9-29(27)31)25-15-17-33(18-16-25)20-28-12-11-22(2)32(28)24(33)4/h5-14,24-25,28,31H,15-20H2,1-4H3/t24-,25?,28?,31?,33?/m1/s1. The highest BCUT2D eigenvalue weighted by Crippen LogP contribution is 2.61. The van der Waals surface area contributed by atoms with Crippen LogP contribution in [0.5, 0.6) is 0 Å². The first kappa shape index (κ1) is 21.2. The van der Waals surface area contributed by atoms with Crippen molar-refractivity contribution < 1.29 is 0 Å². The quantitative estimate of drug-likeness (QED) is 0.447. The molecule has 1 aromatic rings.